The number of carbonyl (C=O) groups excluding carboxylic acids is 1. The fraction of sp³-hybridized carbons (Fsp3) is 0.733. The van der Waals surface area contributed by atoms with Gasteiger partial charge in [-0.05, 0) is 32.7 Å². The lowest BCUT2D eigenvalue weighted by molar-refractivity contribution is -0.121. The van der Waals surface area contributed by atoms with Crippen LogP contribution >= 0.6 is 0 Å². The van der Waals surface area contributed by atoms with Crippen LogP contribution < -0.4 is 10.6 Å². The molecule has 1 aromatic heterocycles. The Morgan fingerprint density at radius 1 is 1.35 bits per heavy atom. The first kappa shape index (κ1) is 16.7. The van der Waals surface area contributed by atoms with Crippen LogP contribution in [-0.2, 0) is 17.9 Å². The van der Waals surface area contributed by atoms with Crippen molar-refractivity contribution >= 4 is 5.91 Å². The molecule has 0 aliphatic heterocycles. The fourth-order valence-electron chi connectivity index (χ4n) is 2.09. The summed E-state index contributed by atoms with van der Waals surface area (Å²) in [4.78, 5) is 11.9. The Morgan fingerprint density at radius 3 is 2.65 bits per heavy atom. The van der Waals surface area contributed by atoms with E-state index in [0.717, 1.165) is 37.4 Å². The number of aryl methyl sites for hydroxylation is 1. The van der Waals surface area contributed by atoms with E-state index < -0.39 is 0 Å². The SMILES string of the molecule is CCNCc1c(C)nn(CC(=O)NCCC(C)C)c1C. The molecule has 1 rings (SSSR count). The average Bonchev–Trinajstić information content (AvgIpc) is 2.62. The maximum atomic E-state index is 11.9. The number of hydrogen-bond acceptors (Lipinski definition) is 3. The third kappa shape index (κ3) is 4.96. The number of amides is 1. The molecule has 20 heavy (non-hydrogen) atoms. The van der Waals surface area contributed by atoms with E-state index in [1.165, 1.54) is 5.56 Å². The number of aromatic nitrogens is 2. The monoisotopic (exact) mass is 280 g/mol. The van der Waals surface area contributed by atoms with Gasteiger partial charge in [0, 0.05) is 24.3 Å². The molecule has 1 amide bonds. The van der Waals surface area contributed by atoms with Gasteiger partial charge in [0.1, 0.15) is 6.54 Å². The number of nitrogens with zero attached hydrogens (tertiary/aromatic N) is 2. The van der Waals surface area contributed by atoms with Gasteiger partial charge in [-0.25, -0.2) is 0 Å². The molecule has 114 valence electrons. The minimum atomic E-state index is 0.0336. The Kier molecular flexibility index (Phi) is 6.71. The van der Waals surface area contributed by atoms with E-state index in [2.05, 4.69) is 36.5 Å². The van der Waals surface area contributed by atoms with E-state index in [0.29, 0.717) is 12.5 Å². The molecule has 0 bridgehead atoms. The second-order valence-corrected chi connectivity index (χ2v) is 5.62. The summed E-state index contributed by atoms with van der Waals surface area (Å²) in [7, 11) is 0. The average molecular weight is 280 g/mol. The van der Waals surface area contributed by atoms with Gasteiger partial charge in [-0.2, -0.15) is 5.10 Å². The van der Waals surface area contributed by atoms with Gasteiger partial charge in [0.15, 0.2) is 0 Å². The van der Waals surface area contributed by atoms with Crippen LogP contribution in [0.3, 0.4) is 0 Å². The van der Waals surface area contributed by atoms with Crippen molar-refractivity contribution < 1.29 is 4.79 Å². The summed E-state index contributed by atoms with van der Waals surface area (Å²) in [6.45, 7) is 13.2. The van der Waals surface area contributed by atoms with Crippen LogP contribution in [0, 0.1) is 19.8 Å². The first-order chi connectivity index (χ1) is 9.45. The first-order valence-electron chi connectivity index (χ1n) is 7.46. The molecule has 0 atom stereocenters. The van der Waals surface area contributed by atoms with Gasteiger partial charge in [-0.1, -0.05) is 20.8 Å². The van der Waals surface area contributed by atoms with Gasteiger partial charge < -0.3 is 10.6 Å². The molecule has 1 heterocycles. The highest BCUT2D eigenvalue weighted by Gasteiger charge is 2.13. The van der Waals surface area contributed by atoms with E-state index >= 15 is 0 Å². The molecule has 5 heteroatoms. The summed E-state index contributed by atoms with van der Waals surface area (Å²) in [5.41, 5.74) is 3.27. The third-order valence-corrected chi connectivity index (χ3v) is 3.42. The van der Waals surface area contributed by atoms with Crippen molar-refractivity contribution in [2.75, 3.05) is 13.1 Å². The number of hydrogen-bond donors (Lipinski definition) is 2. The van der Waals surface area contributed by atoms with Crippen molar-refractivity contribution in [3.05, 3.63) is 17.0 Å². The smallest absolute Gasteiger partial charge is 0.241 e. The molecule has 0 radical (unpaired) electrons. The fourth-order valence-corrected chi connectivity index (χ4v) is 2.09. The molecule has 0 fully saturated rings. The molecule has 0 unspecified atom stereocenters. The lowest BCUT2D eigenvalue weighted by Gasteiger charge is -2.08. The largest absolute Gasteiger partial charge is 0.354 e. The van der Waals surface area contributed by atoms with E-state index in [1.54, 1.807) is 4.68 Å². The number of nitrogens with one attached hydrogen (secondary N) is 2. The van der Waals surface area contributed by atoms with E-state index in [4.69, 9.17) is 0 Å². The van der Waals surface area contributed by atoms with Crippen molar-refractivity contribution in [1.82, 2.24) is 20.4 Å². The van der Waals surface area contributed by atoms with Crippen molar-refractivity contribution in [2.24, 2.45) is 5.92 Å². The minimum absolute atomic E-state index is 0.0336. The highest BCUT2D eigenvalue weighted by Crippen LogP contribution is 2.12. The zero-order chi connectivity index (χ0) is 15.1. The highest BCUT2D eigenvalue weighted by atomic mass is 16.2. The van der Waals surface area contributed by atoms with Gasteiger partial charge in [-0.15, -0.1) is 0 Å². The third-order valence-electron chi connectivity index (χ3n) is 3.42. The Morgan fingerprint density at radius 2 is 2.05 bits per heavy atom. The van der Waals surface area contributed by atoms with E-state index in [1.807, 2.05) is 13.8 Å². The predicted octanol–water partition coefficient (Wildman–Crippen LogP) is 1.77. The summed E-state index contributed by atoms with van der Waals surface area (Å²) >= 11 is 0. The van der Waals surface area contributed by atoms with Crippen LogP contribution in [0.1, 0.15) is 44.1 Å². The highest BCUT2D eigenvalue weighted by molar-refractivity contribution is 5.75. The molecule has 0 aliphatic carbocycles. The normalized spacial score (nSPS) is 11.1. The van der Waals surface area contributed by atoms with Crippen molar-refractivity contribution in [3.63, 3.8) is 0 Å². The molecule has 0 saturated heterocycles. The lowest BCUT2D eigenvalue weighted by Crippen LogP contribution is -2.29. The van der Waals surface area contributed by atoms with Crippen LogP contribution in [0.5, 0.6) is 0 Å². The molecule has 1 aromatic rings. The van der Waals surface area contributed by atoms with Gasteiger partial charge in [0.25, 0.3) is 0 Å². The second kappa shape index (κ2) is 8.04. The van der Waals surface area contributed by atoms with E-state index in [-0.39, 0.29) is 5.91 Å². The quantitative estimate of drug-likeness (QED) is 0.763. The zero-order valence-corrected chi connectivity index (χ0v) is 13.4. The van der Waals surface area contributed by atoms with Crippen LogP contribution in [-0.4, -0.2) is 28.8 Å². The second-order valence-electron chi connectivity index (χ2n) is 5.62. The maximum Gasteiger partial charge on any atom is 0.241 e. The van der Waals surface area contributed by atoms with Gasteiger partial charge >= 0.3 is 0 Å². The van der Waals surface area contributed by atoms with Gasteiger partial charge in [-0.3, -0.25) is 9.48 Å². The first-order valence-corrected chi connectivity index (χ1v) is 7.46. The summed E-state index contributed by atoms with van der Waals surface area (Å²) in [6, 6.07) is 0. The summed E-state index contributed by atoms with van der Waals surface area (Å²) in [5.74, 6) is 0.641. The van der Waals surface area contributed by atoms with Gasteiger partial charge in [0.05, 0.1) is 5.69 Å². The molecular weight excluding hydrogens is 252 g/mol. The Balaban J connectivity index is 2.57. The predicted molar refractivity (Wildman–Crippen MR) is 81.5 cm³/mol. The number of rotatable bonds is 8. The maximum absolute atomic E-state index is 11.9. The Hall–Kier alpha value is -1.36. The molecule has 0 aliphatic rings. The zero-order valence-electron chi connectivity index (χ0n) is 13.4. The lowest BCUT2D eigenvalue weighted by atomic mass is 10.1. The van der Waals surface area contributed by atoms with E-state index in [9.17, 15) is 4.79 Å². The number of carbonyl (C=O) groups is 1. The van der Waals surface area contributed by atoms with Crippen LogP contribution in [0.15, 0.2) is 0 Å². The van der Waals surface area contributed by atoms with Crippen LogP contribution in [0.4, 0.5) is 0 Å². The van der Waals surface area contributed by atoms with Crippen molar-refractivity contribution in [1.29, 1.82) is 0 Å². The van der Waals surface area contributed by atoms with Crippen molar-refractivity contribution in [2.45, 2.75) is 54.1 Å². The Bertz CT molecular complexity index is 437. The van der Waals surface area contributed by atoms with Gasteiger partial charge in [0.2, 0.25) is 5.91 Å². The Labute approximate surface area is 122 Å². The van der Waals surface area contributed by atoms with Crippen LogP contribution in [0.2, 0.25) is 0 Å². The molecule has 0 aromatic carbocycles. The summed E-state index contributed by atoms with van der Waals surface area (Å²) < 4.78 is 1.80. The topological polar surface area (TPSA) is 59.0 Å². The summed E-state index contributed by atoms with van der Waals surface area (Å²) in [6.07, 6.45) is 1.01. The van der Waals surface area contributed by atoms with Crippen LogP contribution in [0.25, 0.3) is 0 Å². The molecular formula is C15H28N4O. The molecule has 2 N–H and O–H groups in total. The molecule has 0 spiro atoms. The molecule has 5 nitrogen and oxygen atoms in total. The van der Waals surface area contributed by atoms with Crippen molar-refractivity contribution in [3.8, 4) is 0 Å². The minimum Gasteiger partial charge on any atom is -0.354 e. The molecule has 0 saturated carbocycles. The standard InChI is InChI=1S/C15H28N4O/c1-6-16-9-14-12(4)18-19(13(14)5)10-15(20)17-8-7-11(2)3/h11,16H,6-10H2,1-5H3,(H,17,20). The summed E-state index contributed by atoms with van der Waals surface area (Å²) in [5, 5.41) is 10.7.